The van der Waals surface area contributed by atoms with E-state index in [4.69, 9.17) is 5.11 Å². The molecular formula is C16H14BrNO3. The molecule has 5 heteroatoms. The average molecular weight is 348 g/mol. The Kier molecular flexibility index (Phi) is 5.11. The topological polar surface area (TPSA) is 66.4 Å². The van der Waals surface area contributed by atoms with E-state index in [-0.39, 0.29) is 12.3 Å². The number of hydrogen-bond acceptors (Lipinski definition) is 2. The summed E-state index contributed by atoms with van der Waals surface area (Å²) in [6.07, 6.45) is -0.163. The SMILES string of the molecule is O=C(O)C[C@@H](NC(=O)c1cccc(Br)c1)c1ccccc1. The van der Waals surface area contributed by atoms with Crippen LogP contribution in [0.1, 0.15) is 28.4 Å². The molecule has 0 aliphatic carbocycles. The highest BCUT2D eigenvalue weighted by Gasteiger charge is 2.18. The van der Waals surface area contributed by atoms with E-state index in [1.54, 1.807) is 30.3 Å². The second kappa shape index (κ2) is 7.04. The molecule has 1 amide bonds. The smallest absolute Gasteiger partial charge is 0.305 e. The van der Waals surface area contributed by atoms with Crippen molar-refractivity contribution in [3.8, 4) is 0 Å². The fourth-order valence-corrected chi connectivity index (χ4v) is 2.38. The van der Waals surface area contributed by atoms with Gasteiger partial charge in [-0.05, 0) is 23.8 Å². The predicted molar refractivity (Wildman–Crippen MR) is 83.0 cm³/mol. The zero-order valence-corrected chi connectivity index (χ0v) is 12.7. The van der Waals surface area contributed by atoms with Gasteiger partial charge in [0.15, 0.2) is 0 Å². The summed E-state index contributed by atoms with van der Waals surface area (Å²) in [6.45, 7) is 0. The van der Waals surface area contributed by atoms with Crippen LogP contribution in [0.5, 0.6) is 0 Å². The minimum atomic E-state index is -0.960. The van der Waals surface area contributed by atoms with E-state index < -0.39 is 12.0 Å². The molecule has 0 saturated carbocycles. The third kappa shape index (κ3) is 4.43. The Labute approximate surface area is 130 Å². The molecule has 0 aliphatic rings. The summed E-state index contributed by atoms with van der Waals surface area (Å²) >= 11 is 3.31. The first-order valence-corrected chi connectivity index (χ1v) is 7.19. The number of nitrogens with one attached hydrogen (secondary N) is 1. The first kappa shape index (κ1) is 15.3. The molecule has 0 spiro atoms. The van der Waals surface area contributed by atoms with Crippen molar-refractivity contribution < 1.29 is 14.7 Å². The van der Waals surface area contributed by atoms with Gasteiger partial charge in [-0.1, -0.05) is 52.3 Å². The molecule has 0 unspecified atom stereocenters. The van der Waals surface area contributed by atoms with Gasteiger partial charge in [-0.15, -0.1) is 0 Å². The van der Waals surface area contributed by atoms with E-state index in [9.17, 15) is 9.59 Å². The van der Waals surface area contributed by atoms with Gasteiger partial charge in [0.1, 0.15) is 0 Å². The van der Waals surface area contributed by atoms with Crippen LogP contribution in [0.3, 0.4) is 0 Å². The molecule has 0 fully saturated rings. The van der Waals surface area contributed by atoms with E-state index in [1.807, 2.05) is 24.3 Å². The molecule has 0 heterocycles. The van der Waals surface area contributed by atoms with Crippen molar-refractivity contribution >= 4 is 27.8 Å². The third-order valence-electron chi connectivity index (χ3n) is 2.97. The Morgan fingerprint density at radius 2 is 1.81 bits per heavy atom. The van der Waals surface area contributed by atoms with E-state index in [0.717, 1.165) is 10.0 Å². The summed E-state index contributed by atoms with van der Waals surface area (Å²) in [7, 11) is 0. The number of carboxylic acid groups (broad SMARTS) is 1. The summed E-state index contributed by atoms with van der Waals surface area (Å²) in [4.78, 5) is 23.2. The lowest BCUT2D eigenvalue weighted by molar-refractivity contribution is -0.137. The van der Waals surface area contributed by atoms with Crippen LogP contribution in [0.4, 0.5) is 0 Å². The number of amides is 1. The summed E-state index contributed by atoms with van der Waals surface area (Å²) in [5.41, 5.74) is 1.25. The van der Waals surface area contributed by atoms with Gasteiger partial charge in [-0.3, -0.25) is 9.59 Å². The van der Waals surface area contributed by atoms with Crippen molar-refractivity contribution in [2.45, 2.75) is 12.5 Å². The molecule has 0 saturated heterocycles. The molecule has 0 aliphatic heterocycles. The van der Waals surface area contributed by atoms with Crippen LogP contribution in [-0.4, -0.2) is 17.0 Å². The van der Waals surface area contributed by atoms with E-state index in [1.165, 1.54) is 0 Å². The average Bonchev–Trinajstić information content (AvgIpc) is 2.47. The Bertz CT molecular complexity index is 643. The minimum absolute atomic E-state index is 0.163. The largest absolute Gasteiger partial charge is 0.481 e. The first-order valence-electron chi connectivity index (χ1n) is 6.39. The zero-order chi connectivity index (χ0) is 15.2. The van der Waals surface area contributed by atoms with Gasteiger partial charge in [0.05, 0.1) is 12.5 Å². The maximum Gasteiger partial charge on any atom is 0.305 e. The molecule has 1 atom stereocenters. The van der Waals surface area contributed by atoms with Crippen LogP contribution in [0, 0.1) is 0 Å². The zero-order valence-electron chi connectivity index (χ0n) is 11.1. The monoisotopic (exact) mass is 347 g/mol. The second-order valence-electron chi connectivity index (χ2n) is 4.54. The van der Waals surface area contributed by atoms with Crippen LogP contribution in [0.2, 0.25) is 0 Å². The van der Waals surface area contributed by atoms with Gasteiger partial charge in [-0.2, -0.15) is 0 Å². The quantitative estimate of drug-likeness (QED) is 0.870. The number of rotatable bonds is 5. The Balaban J connectivity index is 2.19. The Morgan fingerprint density at radius 1 is 1.10 bits per heavy atom. The van der Waals surface area contributed by atoms with E-state index in [0.29, 0.717) is 5.56 Å². The number of hydrogen-bond donors (Lipinski definition) is 2. The maximum absolute atomic E-state index is 12.2. The number of halogens is 1. The molecule has 2 N–H and O–H groups in total. The van der Waals surface area contributed by atoms with Gasteiger partial charge in [0.2, 0.25) is 0 Å². The molecule has 2 rings (SSSR count). The van der Waals surface area contributed by atoms with Crippen LogP contribution >= 0.6 is 15.9 Å². The molecule has 0 aromatic heterocycles. The molecular weight excluding hydrogens is 334 g/mol. The fraction of sp³-hybridized carbons (Fsp3) is 0.125. The lowest BCUT2D eigenvalue weighted by atomic mass is 10.0. The Hall–Kier alpha value is -2.14. The normalized spacial score (nSPS) is 11.7. The van der Waals surface area contributed by atoms with Gasteiger partial charge >= 0.3 is 5.97 Å². The molecule has 108 valence electrons. The van der Waals surface area contributed by atoms with Gasteiger partial charge < -0.3 is 10.4 Å². The first-order chi connectivity index (χ1) is 10.1. The minimum Gasteiger partial charge on any atom is -0.481 e. The summed E-state index contributed by atoms with van der Waals surface area (Å²) in [5.74, 6) is -1.26. The number of aliphatic carboxylic acids is 1. The maximum atomic E-state index is 12.2. The van der Waals surface area contributed by atoms with Crippen molar-refractivity contribution in [2.24, 2.45) is 0 Å². The van der Waals surface area contributed by atoms with Crippen molar-refractivity contribution in [1.29, 1.82) is 0 Å². The number of benzene rings is 2. The number of carbonyl (C=O) groups is 2. The lowest BCUT2D eigenvalue weighted by Crippen LogP contribution is -2.30. The van der Waals surface area contributed by atoms with Crippen molar-refractivity contribution in [2.75, 3.05) is 0 Å². The van der Waals surface area contributed by atoms with Crippen LogP contribution in [-0.2, 0) is 4.79 Å². The van der Waals surface area contributed by atoms with Crippen LogP contribution < -0.4 is 5.32 Å². The van der Waals surface area contributed by atoms with Gasteiger partial charge in [-0.25, -0.2) is 0 Å². The highest BCUT2D eigenvalue weighted by molar-refractivity contribution is 9.10. The lowest BCUT2D eigenvalue weighted by Gasteiger charge is -2.17. The molecule has 4 nitrogen and oxygen atoms in total. The summed E-state index contributed by atoms with van der Waals surface area (Å²) in [5, 5.41) is 11.8. The van der Waals surface area contributed by atoms with Gasteiger partial charge in [0, 0.05) is 10.0 Å². The Morgan fingerprint density at radius 3 is 2.43 bits per heavy atom. The molecule has 21 heavy (non-hydrogen) atoms. The fourth-order valence-electron chi connectivity index (χ4n) is 1.98. The van der Waals surface area contributed by atoms with Crippen molar-refractivity contribution in [3.05, 3.63) is 70.2 Å². The predicted octanol–water partition coefficient (Wildman–Crippen LogP) is 3.39. The van der Waals surface area contributed by atoms with Crippen molar-refractivity contribution in [1.82, 2.24) is 5.32 Å². The van der Waals surface area contributed by atoms with E-state index >= 15 is 0 Å². The van der Waals surface area contributed by atoms with Crippen molar-refractivity contribution in [3.63, 3.8) is 0 Å². The molecule has 2 aromatic rings. The molecule has 0 radical (unpaired) electrons. The van der Waals surface area contributed by atoms with E-state index in [2.05, 4.69) is 21.2 Å². The highest BCUT2D eigenvalue weighted by Crippen LogP contribution is 2.18. The highest BCUT2D eigenvalue weighted by atomic mass is 79.9. The van der Waals surface area contributed by atoms with Gasteiger partial charge in [0.25, 0.3) is 5.91 Å². The molecule has 2 aromatic carbocycles. The summed E-state index contributed by atoms with van der Waals surface area (Å²) in [6, 6.07) is 15.5. The molecule has 0 bridgehead atoms. The standard InChI is InChI=1S/C16H14BrNO3/c17-13-8-4-7-12(9-13)16(21)18-14(10-15(19)20)11-5-2-1-3-6-11/h1-9,14H,10H2,(H,18,21)(H,19,20)/t14-/m1/s1. The third-order valence-corrected chi connectivity index (χ3v) is 3.47. The number of carboxylic acids is 1. The van der Waals surface area contributed by atoms with Crippen LogP contribution in [0.25, 0.3) is 0 Å². The number of carbonyl (C=O) groups excluding carboxylic acids is 1. The van der Waals surface area contributed by atoms with Crippen LogP contribution in [0.15, 0.2) is 59.1 Å². The summed E-state index contributed by atoms with van der Waals surface area (Å²) < 4.78 is 0.796. The second-order valence-corrected chi connectivity index (χ2v) is 5.46.